The lowest BCUT2D eigenvalue weighted by Crippen LogP contribution is -2.50. The summed E-state index contributed by atoms with van der Waals surface area (Å²) >= 11 is 0. The Balaban J connectivity index is 4.48. The predicted molar refractivity (Wildman–Crippen MR) is 49.2 cm³/mol. The maximum absolute atomic E-state index is 11.2. The van der Waals surface area contributed by atoms with Crippen LogP contribution >= 0.6 is 0 Å². The lowest BCUT2D eigenvalue weighted by Gasteiger charge is -2.23. The van der Waals surface area contributed by atoms with E-state index in [1.54, 1.807) is 0 Å². The van der Waals surface area contributed by atoms with Crippen molar-refractivity contribution in [3.05, 3.63) is 0 Å². The Morgan fingerprint density at radius 1 is 0.812 bits per heavy atom. The molecule has 0 aliphatic rings. The third-order valence-corrected chi connectivity index (χ3v) is 2.04. The molecule has 8 nitrogen and oxygen atoms in total. The van der Waals surface area contributed by atoms with E-state index in [4.69, 9.17) is 30.6 Å². The Bertz CT molecular complexity index is 220. The van der Waals surface area contributed by atoms with Gasteiger partial charge in [-0.15, -0.1) is 0 Å². The normalized spacial score (nSPS) is 20.9. The molecule has 96 valence electrons. The topological polar surface area (TPSA) is 159 Å². The minimum Gasteiger partial charge on any atom is -0.394 e. The summed E-state index contributed by atoms with van der Waals surface area (Å²) in [7, 11) is 0. The van der Waals surface area contributed by atoms with Crippen molar-refractivity contribution in [2.75, 3.05) is 13.2 Å². The predicted octanol–water partition coefficient (Wildman–Crippen LogP) is -4.66. The second-order valence-corrected chi connectivity index (χ2v) is 3.28. The van der Waals surface area contributed by atoms with Crippen LogP contribution in [0.4, 0.5) is 0 Å². The smallest absolute Gasteiger partial charge is 0.195 e. The quantitative estimate of drug-likeness (QED) is 0.234. The number of rotatable bonds is 7. The number of aliphatic hydroxyl groups is 7. The van der Waals surface area contributed by atoms with Crippen molar-refractivity contribution in [2.45, 2.75) is 30.5 Å². The summed E-state index contributed by atoms with van der Waals surface area (Å²) in [6, 6.07) is 0. The van der Waals surface area contributed by atoms with Crippen LogP contribution in [0.15, 0.2) is 0 Å². The molecule has 5 atom stereocenters. The summed E-state index contributed by atoms with van der Waals surface area (Å²) in [6.45, 7) is -1.79. The summed E-state index contributed by atoms with van der Waals surface area (Å²) in [5.41, 5.74) is 0. The average molecular weight is 240 g/mol. The Kier molecular flexibility index (Phi) is 6.60. The van der Waals surface area contributed by atoms with Crippen LogP contribution in [0.1, 0.15) is 0 Å². The van der Waals surface area contributed by atoms with Gasteiger partial charge in [0, 0.05) is 0 Å². The monoisotopic (exact) mass is 240 g/mol. The minimum absolute atomic E-state index is 0.885. The molecular formula is C8H16O8. The number of carbonyl (C=O) groups excluding carboxylic acids is 1. The van der Waals surface area contributed by atoms with Crippen molar-refractivity contribution in [3.63, 3.8) is 0 Å². The van der Waals surface area contributed by atoms with Gasteiger partial charge in [0.2, 0.25) is 0 Å². The molecule has 0 aromatic heterocycles. The van der Waals surface area contributed by atoms with Crippen LogP contribution in [0.5, 0.6) is 0 Å². The Labute approximate surface area is 91.0 Å². The van der Waals surface area contributed by atoms with E-state index < -0.39 is 49.5 Å². The molecule has 0 amide bonds. The van der Waals surface area contributed by atoms with Crippen LogP contribution in [0.3, 0.4) is 0 Å². The first kappa shape index (κ1) is 15.4. The lowest BCUT2D eigenvalue weighted by atomic mass is 9.98. The third-order valence-electron chi connectivity index (χ3n) is 2.04. The fourth-order valence-corrected chi connectivity index (χ4v) is 0.951. The van der Waals surface area contributed by atoms with Gasteiger partial charge in [-0.05, 0) is 0 Å². The molecule has 0 aromatic rings. The van der Waals surface area contributed by atoms with E-state index >= 15 is 0 Å². The third kappa shape index (κ3) is 3.76. The summed E-state index contributed by atoms with van der Waals surface area (Å²) in [5, 5.41) is 62.1. The number of hydrogen-bond donors (Lipinski definition) is 7. The molecule has 0 aliphatic carbocycles. The number of carbonyl (C=O) groups is 1. The fraction of sp³-hybridized carbons (Fsp3) is 0.875. The molecule has 0 rings (SSSR count). The summed E-state index contributed by atoms with van der Waals surface area (Å²) in [4.78, 5) is 11.2. The molecule has 0 heterocycles. The highest BCUT2D eigenvalue weighted by atomic mass is 16.4. The molecule has 8 heteroatoms. The maximum atomic E-state index is 11.2. The molecule has 0 unspecified atom stereocenters. The van der Waals surface area contributed by atoms with Gasteiger partial charge in [-0.25, -0.2) is 0 Å². The molecular weight excluding hydrogens is 224 g/mol. The Morgan fingerprint density at radius 3 is 1.62 bits per heavy atom. The standard InChI is InChI=1S/C8H16O8/c9-1-3(11)5(13)7(15)8(16)6(14)4(12)2-10/h3-7,9-15H,1-2H2/t3-,4+,5-,6+,7-/m1/s1. The van der Waals surface area contributed by atoms with E-state index in [0.29, 0.717) is 0 Å². The van der Waals surface area contributed by atoms with Crippen molar-refractivity contribution in [1.29, 1.82) is 0 Å². The first-order valence-corrected chi connectivity index (χ1v) is 4.52. The first-order valence-electron chi connectivity index (χ1n) is 4.52. The highest BCUT2D eigenvalue weighted by Crippen LogP contribution is 2.06. The highest BCUT2D eigenvalue weighted by molar-refractivity contribution is 5.88. The molecule has 0 radical (unpaired) electrons. The van der Waals surface area contributed by atoms with Crippen molar-refractivity contribution in [3.8, 4) is 0 Å². The summed E-state index contributed by atoms with van der Waals surface area (Å²) in [5.74, 6) is -1.36. The van der Waals surface area contributed by atoms with Gasteiger partial charge in [-0.2, -0.15) is 0 Å². The summed E-state index contributed by atoms with van der Waals surface area (Å²) < 4.78 is 0. The fourth-order valence-electron chi connectivity index (χ4n) is 0.951. The molecule has 7 N–H and O–H groups in total. The Morgan fingerprint density at radius 2 is 1.25 bits per heavy atom. The van der Waals surface area contributed by atoms with Gasteiger partial charge in [-0.1, -0.05) is 0 Å². The SMILES string of the molecule is O=C([C@@H](O)[C@@H](O)CO)[C@H](O)[C@H](O)[C@H](O)CO. The Hall–Kier alpha value is -0.610. The molecule has 0 saturated carbocycles. The minimum atomic E-state index is -2.17. The second kappa shape index (κ2) is 6.86. The average Bonchev–Trinajstić information content (AvgIpc) is 2.32. The molecule has 0 fully saturated rings. The van der Waals surface area contributed by atoms with E-state index in [9.17, 15) is 9.90 Å². The van der Waals surface area contributed by atoms with Crippen LogP contribution in [0.2, 0.25) is 0 Å². The van der Waals surface area contributed by atoms with E-state index in [-0.39, 0.29) is 0 Å². The first-order chi connectivity index (χ1) is 7.36. The zero-order chi connectivity index (χ0) is 12.9. The molecule has 0 bridgehead atoms. The number of aliphatic hydroxyl groups excluding tert-OH is 7. The second-order valence-electron chi connectivity index (χ2n) is 3.28. The molecule has 0 aromatic carbocycles. The van der Waals surface area contributed by atoms with Gasteiger partial charge in [0.15, 0.2) is 5.78 Å². The van der Waals surface area contributed by atoms with Gasteiger partial charge in [0.1, 0.15) is 30.5 Å². The highest BCUT2D eigenvalue weighted by Gasteiger charge is 2.36. The molecule has 0 saturated heterocycles. The van der Waals surface area contributed by atoms with E-state index in [1.165, 1.54) is 0 Å². The number of ketones is 1. The summed E-state index contributed by atoms with van der Waals surface area (Å²) in [6.07, 6.45) is -9.78. The molecule has 0 spiro atoms. The van der Waals surface area contributed by atoms with Crippen molar-refractivity contribution in [2.24, 2.45) is 0 Å². The van der Waals surface area contributed by atoms with Crippen LogP contribution < -0.4 is 0 Å². The van der Waals surface area contributed by atoms with Crippen LogP contribution in [-0.2, 0) is 4.79 Å². The number of hydrogen-bond acceptors (Lipinski definition) is 8. The van der Waals surface area contributed by atoms with Crippen LogP contribution in [-0.4, -0.2) is 85.3 Å². The number of Topliss-reactive ketones (excluding diaryl/α,β-unsaturated/α-hetero) is 1. The van der Waals surface area contributed by atoms with E-state index in [0.717, 1.165) is 0 Å². The zero-order valence-electron chi connectivity index (χ0n) is 8.34. The van der Waals surface area contributed by atoms with Gasteiger partial charge in [0.25, 0.3) is 0 Å². The van der Waals surface area contributed by atoms with Gasteiger partial charge >= 0.3 is 0 Å². The van der Waals surface area contributed by atoms with E-state index in [1.807, 2.05) is 0 Å². The van der Waals surface area contributed by atoms with Crippen molar-refractivity contribution in [1.82, 2.24) is 0 Å². The lowest BCUT2D eigenvalue weighted by molar-refractivity contribution is -0.155. The molecule has 16 heavy (non-hydrogen) atoms. The van der Waals surface area contributed by atoms with Gasteiger partial charge in [-0.3, -0.25) is 4.79 Å². The van der Waals surface area contributed by atoms with Gasteiger partial charge < -0.3 is 35.7 Å². The van der Waals surface area contributed by atoms with Crippen molar-refractivity contribution >= 4 is 5.78 Å². The van der Waals surface area contributed by atoms with E-state index in [2.05, 4.69) is 0 Å². The van der Waals surface area contributed by atoms with Crippen molar-refractivity contribution < 1.29 is 40.5 Å². The largest absolute Gasteiger partial charge is 0.394 e. The zero-order valence-corrected chi connectivity index (χ0v) is 8.34. The van der Waals surface area contributed by atoms with Gasteiger partial charge in [0.05, 0.1) is 13.2 Å². The maximum Gasteiger partial charge on any atom is 0.195 e. The molecule has 0 aliphatic heterocycles. The van der Waals surface area contributed by atoms with Crippen LogP contribution in [0, 0.1) is 0 Å². The van der Waals surface area contributed by atoms with Crippen LogP contribution in [0.25, 0.3) is 0 Å².